The highest BCUT2D eigenvalue weighted by Gasteiger charge is 2.42. The first-order valence-electron chi connectivity index (χ1n) is 21.8. The van der Waals surface area contributed by atoms with Gasteiger partial charge in [-0.15, -0.1) is 6.58 Å². The van der Waals surface area contributed by atoms with Crippen LogP contribution in [0.5, 0.6) is 0 Å². The van der Waals surface area contributed by atoms with E-state index < -0.39 is 0 Å². The average Bonchev–Trinajstić information content (AvgIpc) is 3.21. The van der Waals surface area contributed by atoms with E-state index >= 15 is 0 Å². The molecule has 2 heterocycles. The van der Waals surface area contributed by atoms with Crippen molar-refractivity contribution >= 4 is 72.5 Å². The minimum Gasteiger partial charge on any atom is -0.311 e. The zero-order valence-electron chi connectivity index (χ0n) is 37.4. The Hall–Kier alpha value is -5.86. The lowest BCUT2D eigenvalue weighted by molar-refractivity contribution is 0.569. The van der Waals surface area contributed by atoms with Gasteiger partial charge in [0.05, 0.1) is 0 Å². The fourth-order valence-electron chi connectivity index (χ4n) is 10.7. The highest BCUT2D eigenvalue weighted by molar-refractivity contribution is 7.03. The first kappa shape index (κ1) is 38.4. The Balaban J connectivity index is 1.46. The predicted octanol–water partition coefficient (Wildman–Crippen LogP) is 14.9. The fourth-order valence-corrected chi connectivity index (χ4v) is 10.7. The molecule has 60 heavy (non-hydrogen) atoms. The van der Waals surface area contributed by atoms with Crippen molar-refractivity contribution in [1.82, 2.24) is 0 Å². The molecule has 0 radical (unpaired) electrons. The normalized spacial score (nSPS) is 13.9. The second-order valence-corrected chi connectivity index (χ2v) is 20.7. The van der Waals surface area contributed by atoms with Crippen LogP contribution in [-0.4, -0.2) is 6.71 Å². The number of hydrogen-bond acceptors (Lipinski definition) is 1. The van der Waals surface area contributed by atoms with E-state index in [4.69, 9.17) is 6.58 Å². The van der Waals surface area contributed by atoms with Gasteiger partial charge in [-0.1, -0.05) is 171 Å². The summed E-state index contributed by atoms with van der Waals surface area (Å²) >= 11 is 0. The molecule has 0 aliphatic carbocycles. The monoisotopic (exact) mass is 777 g/mol. The molecule has 0 saturated carbocycles. The maximum absolute atomic E-state index is 5.16. The van der Waals surface area contributed by atoms with Gasteiger partial charge in [-0.2, -0.15) is 0 Å². The molecule has 0 unspecified atom stereocenters. The van der Waals surface area contributed by atoms with E-state index in [1.807, 2.05) is 0 Å². The molecule has 0 amide bonds. The van der Waals surface area contributed by atoms with E-state index in [0.717, 1.165) is 5.47 Å². The zero-order valence-corrected chi connectivity index (χ0v) is 37.4. The van der Waals surface area contributed by atoms with Crippen molar-refractivity contribution in [2.24, 2.45) is 0 Å². The quantitative estimate of drug-likeness (QED) is 0.119. The molecule has 0 atom stereocenters. The number of nitrogens with zero attached hydrogens (tertiary/aromatic N) is 1. The van der Waals surface area contributed by atoms with Crippen molar-refractivity contribution < 1.29 is 0 Å². The molecule has 0 N–H and O–H groups in total. The number of rotatable bonds is 1. The lowest BCUT2D eigenvalue weighted by atomic mass is 9.33. The van der Waals surface area contributed by atoms with Crippen molar-refractivity contribution in [3.8, 4) is 22.3 Å². The van der Waals surface area contributed by atoms with E-state index in [1.165, 1.54) is 116 Å². The van der Waals surface area contributed by atoms with Crippen molar-refractivity contribution in [1.29, 1.82) is 0 Å². The SMILES string of the molecule is C=C1B2c3cc4c(C)c5ccccc5c(C(C)(C)C)c4cc3N(c3cc(C(C)(C)C)cc(C(C)(C)C)c3)c3cc4ccccc4c(c32)-c2cccc(c2C)-c2ccccc21. The number of aryl methyl sites for hydroxylation is 1. The lowest BCUT2D eigenvalue weighted by Gasteiger charge is -2.41. The van der Waals surface area contributed by atoms with E-state index in [2.05, 4.69) is 208 Å². The molecule has 1 nitrogen and oxygen atoms in total. The molecule has 296 valence electrons. The van der Waals surface area contributed by atoms with E-state index in [9.17, 15) is 0 Å². The third-order valence-corrected chi connectivity index (χ3v) is 13.8. The molecule has 10 rings (SSSR count). The second-order valence-electron chi connectivity index (χ2n) is 20.7. The van der Waals surface area contributed by atoms with Crippen LogP contribution in [0.25, 0.3) is 60.0 Å². The van der Waals surface area contributed by atoms with Gasteiger partial charge < -0.3 is 4.90 Å². The summed E-state index contributed by atoms with van der Waals surface area (Å²) in [6.07, 6.45) is 0. The van der Waals surface area contributed by atoms with Crippen LogP contribution in [0.3, 0.4) is 0 Å². The van der Waals surface area contributed by atoms with E-state index in [1.54, 1.807) is 0 Å². The highest BCUT2D eigenvalue weighted by Crippen LogP contribution is 2.50. The minimum atomic E-state index is -0.109. The Morgan fingerprint density at radius 3 is 1.72 bits per heavy atom. The van der Waals surface area contributed by atoms with Crippen LogP contribution in [0, 0.1) is 13.8 Å². The summed E-state index contributed by atoms with van der Waals surface area (Å²) < 4.78 is 0. The van der Waals surface area contributed by atoms with Gasteiger partial charge in [0.2, 0.25) is 6.71 Å². The maximum atomic E-state index is 5.16. The smallest absolute Gasteiger partial charge is 0.247 e. The Kier molecular flexibility index (Phi) is 8.36. The van der Waals surface area contributed by atoms with E-state index in [0.29, 0.717) is 0 Å². The van der Waals surface area contributed by atoms with Gasteiger partial charge in [-0.05, 0) is 153 Å². The molecule has 2 bridgehead atoms. The van der Waals surface area contributed by atoms with E-state index in [-0.39, 0.29) is 23.0 Å². The summed E-state index contributed by atoms with van der Waals surface area (Å²) in [4.78, 5) is 2.65. The number of anilines is 3. The number of fused-ring (bicyclic) bond motifs is 11. The molecule has 0 fully saturated rings. The standard InChI is InChI=1S/C58H56BN/c1-34-41-26-19-27-43(34)53-45-23-14-13-20-37(45)28-52-55(53)59(36(3)44-22-16-17-24-46(41)44)50-32-48-35(2)42-21-15-18-25-47(42)54(58(10,11)12)49(48)33-51(50)60(52)40-30-38(56(4,5)6)29-39(31-40)57(7,8)9/h13-33H,3H2,1-2,4-12H3. The summed E-state index contributed by atoms with van der Waals surface area (Å²) in [5, 5.41) is 7.83. The number of benzene rings is 8. The van der Waals surface area contributed by atoms with Crippen LogP contribution in [0.15, 0.2) is 134 Å². The highest BCUT2D eigenvalue weighted by atomic mass is 15.2. The third kappa shape index (κ3) is 5.67. The van der Waals surface area contributed by atoms with Crippen molar-refractivity contribution in [3.05, 3.63) is 167 Å². The van der Waals surface area contributed by atoms with Gasteiger partial charge in [-0.3, -0.25) is 0 Å². The van der Waals surface area contributed by atoms with Gasteiger partial charge in [-0.25, -0.2) is 0 Å². The predicted molar refractivity (Wildman–Crippen MR) is 264 cm³/mol. The van der Waals surface area contributed by atoms with Gasteiger partial charge in [0.25, 0.3) is 0 Å². The lowest BCUT2D eigenvalue weighted by Crippen LogP contribution is -2.51. The third-order valence-electron chi connectivity index (χ3n) is 13.8. The Morgan fingerprint density at radius 2 is 1.05 bits per heavy atom. The summed E-state index contributed by atoms with van der Waals surface area (Å²) in [6, 6.07) is 49.1. The first-order valence-corrected chi connectivity index (χ1v) is 21.8. The Labute approximate surface area is 357 Å². The van der Waals surface area contributed by atoms with Crippen molar-refractivity contribution in [2.45, 2.75) is 92.4 Å². The first-order chi connectivity index (χ1) is 28.4. The fraction of sp³-hybridized carbons (Fsp3) is 0.241. The largest absolute Gasteiger partial charge is 0.311 e. The molecular formula is C58H56BN. The molecule has 8 aromatic carbocycles. The van der Waals surface area contributed by atoms with Crippen LogP contribution < -0.4 is 15.8 Å². The summed E-state index contributed by atoms with van der Waals surface area (Å²) in [5.41, 5.74) is 20.3. The Morgan fingerprint density at radius 1 is 0.467 bits per heavy atom. The van der Waals surface area contributed by atoms with Gasteiger partial charge in [0.1, 0.15) is 0 Å². The molecule has 8 aromatic rings. The van der Waals surface area contributed by atoms with Crippen molar-refractivity contribution in [2.75, 3.05) is 4.90 Å². The molecular weight excluding hydrogens is 721 g/mol. The molecule has 0 saturated heterocycles. The topological polar surface area (TPSA) is 3.24 Å². The average molecular weight is 778 g/mol. The van der Waals surface area contributed by atoms with Crippen LogP contribution in [0.4, 0.5) is 17.1 Å². The summed E-state index contributed by atoms with van der Waals surface area (Å²) in [5.74, 6) is 0. The van der Waals surface area contributed by atoms with Crippen LogP contribution in [0.2, 0.25) is 0 Å². The number of hydrogen-bond donors (Lipinski definition) is 0. The Bertz CT molecular complexity index is 3110. The second kappa shape index (κ2) is 13.1. The molecule has 0 spiro atoms. The van der Waals surface area contributed by atoms with Crippen LogP contribution in [0.1, 0.15) is 95.7 Å². The van der Waals surface area contributed by atoms with Gasteiger partial charge >= 0.3 is 0 Å². The maximum Gasteiger partial charge on any atom is 0.247 e. The van der Waals surface area contributed by atoms with Gasteiger partial charge in [0.15, 0.2) is 0 Å². The van der Waals surface area contributed by atoms with Crippen LogP contribution in [-0.2, 0) is 16.2 Å². The molecule has 2 heteroatoms. The zero-order chi connectivity index (χ0) is 42.2. The summed E-state index contributed by atoms with van der Waals surface area (Å²) in [7, 11) is 0. The molecule has 2 aliphatic heterocycles. The molecule has 0 aromatic heterocycles. The summed E-state index contributed by atoms with van der Waals surface area (Å²) in [6.45, 7) is 30.9. The van der Waals surface area contributed by atoms with Crippen LogP contribution >= 0.6 is 0 Å². The van der Waals surface area contributed by atoms with Crippen molar-refractivity contribution in [3.63, 3.8) is 0 Å². The van der Waals surface area contributed by atoms with Gasteiger partial charge in [0, 0.05) is 17.1 Å². The molecule has 2 aliphatic rings. The minimum absolute atomic E-state index is 0.0539.